The number of rotatable bonds is 5. The van der Waals surface area contributed by atoms with E-state index >= 15 is 0 Å². The first-order valence-corrected chi connectivity index (χ1v) is 7.79. The summed E-state index contributed by atoms with van der Waals surface area (Å²) >= 11 is 3.62. The van der Waals surface area contributed by atoms with Gasteiger partial charge in [0.25, 0.3) is 0 Å². The zero-order chi connectivity index (χ0) is 15.4. The molecule has 0 saturated heterocycles. The lowest BCUT2D eigenvalue weighted by Crippen LogP contribution is -2.29. The molecule has 112 valence electrons. The summed E-state index contributed by atoms with van der Waals surface area (Å²) in [5.74, 6) is 6.64. The maximum Gasteiger partial charge on any atom is 0.120 e. The van der Waals surface area contributed by atoms with E-state index in [1.165, 1.54) is 5.56 Å². The van der Waals surface area contributed by atoms with Crippen molar-refractivity contribution in [3.05, 3.63) is 63.6 Å². The lowest BCUT2D eigenvalue weighted by atomic mass is 9.98. The Morgan fingerprint density at radius 3 is 2.52 bits per heavy atom. The van der Waals surface area contributed by atoms with Gasteiger partial charge in [-0.1, -0.05) is 40.2 Å². The van der Waals surface area contributed by atoms with Crippen LogP contribution in [0.3, 0.4) is 0 Å². The average Bonchev–Trinajstić information content (AvgIpc) is 2.41. The molecule has 0 bridgehead atoms. The van der Waals surface area contributed by atoms with Gasteiger partial charge in [0.1, 0.15) is 5.75 Å². The van der Waals surface area contributed by atoms with Gasteiger partial charge in [-0.3, -0.25) is 5.84 Å². The molecule has 2 aromatic rings. The molecule has 0 heterocycles. The summed E-state index contributed by atoms with van der Waals surface area (Å²) in [5, 5.41) is 0. The van der Waals surface area contributed by atoms with Gasteiger partial charge in [-0.15, -0.1) is 0 Å². The van der Waals surface area contributed by atoms with Crippen LogP contribution in [0.4, 0.5) is 0 Å². The fourth-order valence-electron chi connectivity index (χ4n) is 2.27. The number of hydrogen-bond donors (Lipinski definition) is 2. The van der Waals surface area contributed by atoms with Gasteiger partial charge in [-0.25, -0.2) is 5.43 Å². The van der Waals surface area contributed by atoms with Gasteiger partial charge in [0.05, 0.1) is 12.1 Å². The highest BCUT2D eigenvalue weighted by Gasteiger charge is 2.16. The Balaban J connectivity index is 2.37. The smallest absolute Gasteiger partial charge is 0.120 e. The second-order valence-corrected chi connectivity index (χ2v) is 6.22. The zero-order valence-corrected chi connectivity index (χ0v) is 14.1. The molecule has 0 aliphatic rings. The molecule has 0 aliphatic heterocycles. The van der Waals surface area contributed by atoms with Crippen LogP contribution in [0.5, 0.6) is 5.75 Å². The highest BCUT2D eigenvalue weighted by Crippen LogP contribution is 2.30. The van der Waals surface area contributed by atoms with Crippen molar-refractivity contribution in [1.29, 1.82) is 0 Å². The molecule has 1 atom stereocenters. The van der Waals surface area contributed by atoms with E-state index in [2.05, 4.69) is 46.5 Å². The number of hydrogen-bond acceptors (Lipinski definition) is 3. The fourth-order valence-corrected chi connectivity index (χ4v) is 2.99. The average molecular weight is 349 g/mol. The third kappa shape index (κ3) is 4.06. The fraction of sp³-hybridized carbons (Fsp3) is 0.294. The molecule has 2 rings (SSSR count). The maximum atomic E-state index is 5.78. The molecule has 0 radical (unpaired) electrons. The van der Waals surface area contributed by atoms with Crippen LogP contribution in [-0.2, 0) is 0 Å². The van der Waals surface area contributed by atoms with Crippen LogP contribution in [0.25, 0.3) is 0 Å². The standard InChI is InChI=1S/C17H21BrN2O/c1-11(2)21-14-6-4-5-13(10-14)17(20-19)15-8-7-12(3)9-16(15)18/h4-11,17,20H,19H2,1-3H3. The third-order valence-corrected chi connectivity index (χ3v) is 3.88. The largest absolute Gasteiger partial charge is 0.491 e. The molecule has 0 spiro atoms. The van der Waals surface area contributed by atoms with Crippen LogP contribution in [0.1, 0.15) is 36.6 Å². The molecule has 0 aromatic heterocycles. The Morgan fingerprint density at radius 2 is 1.90 bits per heavy atom. The normalized spacial score (nSPS) is 12.5. The molecule has 0 fully saturated rings. The summed E-state index contributed by atoms with van der Waals surface area (Å²) < 4.78 is 6.80. The van der Waals surface area contributed by atoms with Gasteiger partial charge in [0.2, 0.25) is 0 Å². The van der Waals surface area contributed by atoms with Crippen LogP contribution in [0, 0.1) is 6.92 Å². The first-order chi connectivity index (χ1) is 10.0. The molecule has 3 N–H and O–H groups in total. The molecular weight excluding hydrogens is 328 g/mol. The van der Waals surface area contributed by atoms with Gasteiger partial charge in [-0.05, 0) is 55.7 Å². The van der Waals surface area contributed by atoms with Crippen LogP contribution < -0.4 is 16.0 Å². The topological polar surface area (TPSA) is 47.3 Å². The Kier molecular flexibility index (Phi) is 5.39. The number of nitrogens with two attached hydrogens (primary N) is 1. The van der Waals surface area contributed by atoms with Crippen LogP contribution in [-0.4, -0.2) is 6.10 Å². The van der Waals surface area contributed by atoms with Crippen molar-refractivity contribution in [3.8, 4) is 5.75 Å². The van der Waals surface area contributed by atoms with E-state index in [-0.39, 0.29) is 12.1 Å². The van der Waals surface area contributed by atoms with Crippen molar-refractivity contribution >= 4 is 15.9 Å². The van der Waals surface area contributed by atoms with Gasteiger partial charge in [-0.2, -0.15) is 0 Å². The lowest BCUT2D eigenvalue weighted by molar-refractivity contribution is 0.242. The summed E-state index contributed by atoms with van der Waals surface area (Å²) in [6, 6.07) is 14.2. The molecule has 0 saturated carbocycles. The highest BCUT2D eigenvalue weighted by atomic mass is 79.9. The minimum Gasteiger partial charge on any atom is -0.491 e. The second-order valence-electron chi connectivity index (χ2n) is 5.36. The summed E-state index contributed by atoms with van der Waals surface area (Å²) in [6.07, 6.45) is 0.149. The highest BCUT2D eigenvalue weighted by molar-refractivity contribution is 9.10. The van der Waals surface area contributed by atoms with E-state index in [0.29, 0.717) is 0 Å². The Bertz CT molecular complexity index is 613. The number of halogens is 1. The predicted octanol–water partition coefficient (Wildman–Crippen LogP) is 4.10. The molecule has 3 nitrogen and oxygen atoms in total. The second kappa shape index (κ2) is 7.07. The lowest BCUT2D eigenvalue weighted by Gasteiger charge is -2.20. The van der Waals surface area contributed by atoms with E-state index in [0.717, 1.165) is 21.3 Å². The van der Waals surface area contributed by atoms with E-state index in [4.69, 9.17) is 10.6 Å². The number of ether oxygens (including phenoxy) is 1. The number of aryl methyl sites for hydroxylation is 1. The quantitative estimate of drug-likeness (QED) is 0.631. The Morgan fingerprint density at radius 1 is 1.14 bits per heavy atom. The van der Waals surface area contributed by atoms with Gasteiger partial charge < -0.3 is 4.74 Å². The van der Waals surface area contributed by atoms with Gasteiger partial charge in [0, 0.05) is 4.47 Å². The zero-order valence-electron chi connectivity index (χ0n) is 12.6. The van der Waals surface area contributed by atoms with Crippen molar-refractivity contribution < 1.29 is 4.74 Å². The van der Waals surface area contributed by atoms with E-state index in [1.54, 1.807) is 0 Å². The predicted molar refractivity (Wildman–Crippen MR) is 90.3 cm³/mol. The maximum absolute atomic E-state index is 5.78. The van der Waals surface area contributed by atoms with Crippen molar-refractivity contribution in [2.24, 2.45) is 5.84 Å². The number of nitrogens with one attached hydrogen (secondary N) is 1. The summed E-state index contributed by atoms with van der Waals surface area (Å²) in [5.41, 5.74) is 6.27. The molecule has 1 unspecified atom stereocenters. The third-order valence-electron chi connectivity index (χ3n) is 3.20. The molecule has 21 heavy (non-hydrogen) atoms. The molecule has 4 heteroatoms. The minimum absolute atomic E-state index is 0.0873. The summed E-state index contributed by atoms with van der Waals surface area (Å²) in [4.78, 5) is 0. The summed E-state index contributed by atoms with van der Waals surface area (Å²) in [7, 11) is 0. The van der Waals surface area contributed by atoms with Crippen molar-refractivity contribution in [2.75, 3.05) is 0 Å². The minimum atomic E-state index is -0.0873. The van der Waals surface area contributed by atoms with Crippen LogP contribution >= 0.6 is 15.9 Å². The van der Waals surface area contributed by atoms with Gasteiger partial charge in [0.15, 0.2) is 0 Å². The molecular formula is C17H21BrN2O. The van der Waals surface area contributed by atoms with Gasteiger partial charge >= 0.3 is 0 Å². The van der Waals surface area contributed by atoms with Crippen molar-refractivity contribution in [3.63, 3.8) is 0 Å². The number of benzene rings is 2. The van der Waals surface area contributed by atoms with Crippen LogP contribution in [0.15, 0.2) is 46.9 Å². The van der Waals surface area contributed by atoms with Crippen molar-refractivity contribution in [1.82, 2.24) is 5.43 Å². The Labute approximate surface area is 134 Å². The van der Waals surface area contributed by atoms with Crippen LogP contribution in [0.2, 0.25) is 0 Å². The first-order valence-electron chi connectivity index (χ1n) is 7.00. The molecule has 0 amide bonds. The molecule has 2 aromatic carbocycles. The van der Waals surface area contributed by atoms with E-state index in [9.17, 15) is 0 Å². The van der Waals surface area contributed by atoms with E-state index in [1.807, 2.05) is 38.1 Å². The summed E-state index contributed by atoms with van der Waals surface area (Å²) in [6.45, 7) is 6.10. The van der Waals surface area contributed by atoms with E-state index < -0.39 is 0 Å². The number of hydrazine groups is 1. The monoisotopic (exact) mass is 348 g/mol. The Hall–Kier alpha value is -1.36. The SMILES string of the molecule is Cc1ccc(C(NN)c2cccc(OC(C)C)c2)c(Br)c1. The molecule has 0 aliphatic carbocycles. The first kappa shape index (κ1) is 16.0. The van der Waals surface area contributed by atoms with Crippen molar-refractivity contribution in [2.45, 2.75) is 32.9 Å².